The summed E-state index contributed by atoms with van der Waals surface area (Å²) < 4.78 is 0. The standard InChI is InChI=1S/C25H18N2O3S/c1-18(28)31-24-14-10-20(11-15-24)8-12-23-13-9-21(16-25(23)27(29)30)5-2-19-3-6-22(17-26)7-4-19/h3-4,6-7,9-11,13-16H,17,26H2,1H3. The van der Waals surface area contributed by atoms with Crippen molar-refractivity contribution in [1.82, 2.24) is 0 Å². The van der Waals surface area contributed by atoms with Crippen LogP contribution in [0.25, 0.3) is 0 Å². The van der Waals surface area contributed by atoms with Crippen molar-refractivity contribution in [2.75, 3.05) is 0 Å². The van der Waals surface area contributed by atoms with Gasteiger partial charge in [-0.2, -0.15) is 0 Å². The van der Waals surface area contributed by atoms with Gasteiger partial charge in [-0.3, -0.25) is 14.9 Å². The fourth-order valence-corrected chi connectivity index (χ4v) is 3.25. The summed E-state index contributed by atoms with van der Waals surface area (Å²) in [7, 11) is 0. The number of thioether (sulfide) groups is 1. The average Bonchev–Trinajstić information content (AvgIpc) is 2.77. The smallest absolute Gasteiger partial charge is 0.286 e. The van der Waals surface area contributed by atoms with Gasteiger partial charge >= 0.3 is 0 Å². The molecule has 31 heavy (non-hydrogen) atoms. The minimum Gasteiger partial charge on any atom is -0.326 e. The summed E-state index contributed by atoms with van der Waals surface area (Å²) in [4.78, 5) is 23.0. The SMILES string of the molecule is CC(=O)Sc1ccc(C#Cc2ccc(C#Cc3ccc(CN)cc3)cc2[N+](=O)[O-])cc1. The first kappa shape index (κ1) is 21.9. The van der Waals surface area contributed by atoms with Gasteiger partial charge in [0.05, 0.1) is 4.92 Å². The van der Waals surface area contributed by atoms with Crippen LogP contribution in [0.3, 0.4) is 0 Å². The van der Waals surface area contributed by atoms with Crippen LogP contribution in [0.5, 0.6) is 0 Å². The highest BCUT2D eigenvalue weighted by atomic mass is 32.2. The molecule has 3 aromatic rings. The molecule has 0 fully saturated rings. The van der Waals surface area contributed by atoms with Crippen molar-refractivity contribution in [3.05, 3.63) is 105 Å². The third-order valence-electron chi connectivity index (χ3n) is 4.19. The number of hydrogen-bond acceptors (Lipinski definition) is 5. The number of nitrogens with two attached hydrogens (primary N) is 1. The van der Waals surface area contributed by atoms with Crippen LogP contribution in [0.2, 0.25) is 0 Å². The fourth-order valence-electron chi connectivity index (χ4n) is 2.65. The largest absolute Gasteiger partial charge is 0.326 e. The van der Waals surface area contributed by atoms with Crippen LogP contribution in [0, 0.1) is 33.8 Å². The van der Waals surface area contributed by atoms with Gasteiger partial charge in [-0.25, -0.2) is 0 Å². The highest BCUT2D eigenvalue weighted by Crippen LogP contribution is 2.21. The van der Waals surface area contributed by atoms with Crippen molar-refractivity contribution < 1.29 is 9.72 Å². The van der Waals surface area contributed by atoms with E-state index < -0.39 is 4.92 Å². The molecule has 0 amide bonds. The zero-order chi connectivity index (χ0) is 22.2. The number of nitro groups is 1. The molecule has 0 aromatic heterocycles. The van der Waals surface area contributed by atoms with E-state index in [0.29, 0.717) is 23.2 Å². The quantitative estimate of drug-likeness (QED) is 0.289. The number of hydrogen-bond donors (Lipinski definition) is 1. The Labute approximate surface area is 184 Å². The number of nitro benzene ring substituents is 1. The number of carbonyl (C=O) groups is 1. The molecular weight excluding hydrogens is 408 g/mol. The lowest BCUT2D eigenvalue weighted by Gasteiger charge is -1.98. The molecule has 152 valence electrons. The van der Waals surface area contributed by atoms with E-state index in [1.807, 2.05) is 24.3 Å². The van der Waals surface area contributed by atoms with Gasteiger partial charge < -0.3 is 5.73 Å². The second-order valence-corrected chi connectivity index (χ2v) is 7.76. The Hall–Kier alpha value is -3.84. The predicted molar refractivity (Wildman–Crippen MR) is 122 cm³/mol. The molecule has 0 saturated heterocycles. The molecule has 0 spiro atoms. The molecule has 0 heterocycles. The van der Waals surface area contributed by atoms with Gasteiger partial charge in [0.1, 0.15) is 5.56 Å². The van der Waals surface area contributed by atoms with Crippen LogP contribution in [-0.2, 0) is 11.3 Å². The molecular formula is C25H18N2O3S. The maximum atomic E-state index is 11.5. The van der Waals surface area contributed by atoms with Gasteiger partial charge in [0.15, 0.2) is 5.12 Å². The molecule has 0 atom stereocenters. The average molecular weight is 426 g/mol. The number of carbonyl (C=O) groups excluding carboxylic acids is 1. The lowest BCUT2D eigenvalue weighted by Crippen LogP contribution is -1.95. The Morgan fingerprint density at radius 2 is 1.45 bits per heavy atom. The molecule has 0 aliphatic rings. The van der Waals surface area contributed by atoms with Crippen LogP contribution in [0.1, 0.15) is 34.7 Å². The molecule has 0 radical (unpaired) electrons. The molecule has 0 bridgehead atoms. The third kappa shape index (κ3) is 6.32. The van der Waals surface area contributed by atoms with Crippen molar-refractivity contribution in [3.63, 3.8) is 0 Å². The van der Waals surface area contributed by atoms with E-state index in [1.54, 1.807) is 36.4 Å². The molecule has 5 nitrogen and oxygen atoms in total. The van der Waals surface area contributed by atoms with Crippen LogP contribution >= 0.6 is 11.8 Å². The minimum absolute atomic E-state index is 0.00484. The first-order valence-electron chi connectivity index (χ1n) is 9.34. The van der Waals surface area contributed by atoms with E-state index in [0.717, 1.165) is 27.8 Å². The first-order valence-corrected chi connectivity index (χ1v) is 10.2. The summed E-state index contributed by atoms with van der Waals surface area (Å²) >= 11 is 1.14. The van der Waals surface area contributed by atoms with E-state index in [4.69, 9.17) is 5.73 Å². The van der Waals surface area contributed by atoms with Crippen molar-refractivity contribution in [3.8, 4) is 23.7 Å². The second kappa shape index (κ2) is 10.3. The van der Waals surface area contributed by atoms with Crippen molar-refractivity contribution >= 4 is 22.6 Å². The van der Waals surface area contributed by atoms with E-state index in [-0.39, 0.29) is 10.8 Å². The summed E-state index contributed by atoms with van der Waals surface area (Å²) in [5, 5.41) is 11.5. The zero-order valence-corrected chi connectivity index (χ0v) is 17.5. The summed E-state index contributed by atoms with van der Waals surface area (Å²) in [6, 6.07) is 19.4. The van der Waals surface area contributed by atoms with E-state index >= 15 is 0 Å². The Bertz CT molecular complexity index is 1240. The molecule has 3 rings (SSSR count). The van der Waals surface area contributed by atoms with Crippen LogP contribution in [-0.4, -0.2) is 10.0 Å². The van der Waals surface area contributed by atoms with E-state index in [9.17, 15) is 14.9 Å². The maximum Gasteiger partial charge on any atom is 0.286 e. The minimum atomic E-state index is -0.460. The molecule has 3 aromatic carbocycles. The monoisotopic (exact) mass is 426 g/mol. The number of nitrogens with zero attached hydrogens (tertiary/aromatic N) is 1. The first-order chi connectivity index (χ1) is 14.9. The van der Waals surface area contributed by atoms with Gasteiger partial charge in [0.25, 0.3) is 5.69 Å². The van der Waals surface area contributed by atoms with Gasteiger partial charge in [-0.05, 0) is 54.1 Å². The fraction of sp³-hybridized carbons (Fsp3) is 0.0800. The summed E-state index contributed by atoms with van der Waals surface area (Å²) in [5.74, 6) is 11.7. The predicted octanol–water partition coefficient (Wildman–Crippen LogP) is 4.49. The van der Waals surface area contributed by atoms with Crippen LogP contribution < -0.4 is 5.73 Å². The van der Waals surface area contributed by atoms with Crippen molar-refractivity contribution in [1.29, 1.82) is 0 Å². The molecule has 6 heteroatoms. The van der Waals surface area contributed by atoms with Gasteiger partial charge in [0.2, 0.25) is 0 Å². The number of rotatable bonds is 3. The Kier molecular flexibility index (Phi) is 7.24. The van der Waals surface area contributed by atoms with Crippen LogP contribution in [0.4, 0.5) is 5.69 Å². The van der Waals surface area contributed by atoms with Gasteiger partial charge in [-0.15, -0.1) is 0 Å². The lowest BCUT2D eigenvalue weighted by atomic mass is 10.1. The Morgan fingerprint density at radius 3 is 2.03 bits per heavy atom. The summed E-state index contributed by atoms with van der Waals surface area (Å²) in [5.41, 5.74) is 8.85. The highest BCUT2D eigenvalue weighted by Gasteiger charge is 2.12. The van der Waals surface area contributed by atoms with Crippen molar-refractivity contribution in [2.24, 2.45) is 5.73 Å². The van der Waals surface area contributed by atoms with Crippen LogP contribution in [0.15, 0.2) is 71.6 Å². The molecule has 2 N–H and O–H groups in total. The van der Waals surface area contributed by atoms with E-state index in [1.165, 1.54) is 13.0 Å². The molecule has 0 aliphatic carbocycles. The summed E-state index contributed by atoms with van der Waals surface area (Å²) in [6.07, 6.45) is 0. The normalized spacial score (nSPS) is 9.74. The molecule has 0 aliphatic heterocycles. The highest BCUT2D eigenvalue weighted by molar-refractivity contribution is 8.13. The van der Waals surface area contributed by atoms with Crippen molar-refractivity contribution in [2.45, 2.75) is 18.4 Å². The number of benzene rings is 3. The summed E-state index contributed by atoms with van der Waals surface area (Å²) in [6.45, 7) is 1.97. The van der Waals surface area contributed by atoms with Gasteiger partial charge in [0, 0.05) is 41.1 Å². The maximum absolute atomic E-state index is 11.5. The Morgan fingerprint density at radius 1 is 0.903 bits per heavy atom. The van der Waals surface area contributed by atoms with Gasteiger partial charge in [-0.1, -0.05) is 47.6 Å². The lowest BCUT2D eigenvalue weighted by molar-refractivity contribution is -0.385. The molecule has 0 saturated carbocycles. The molecule has 0 unspecified atom stereocenters. The van der Waals surface area contributed by atoms with E-state index in [2.05, 4.69) is 23.7 Å². The topological polar surface area (TPSA) is 86.2 Å². The third-order valence-corrected chi connectivity index (χ3v) is 4.99. The second-order valence-electron chi connectivity index (χ2n) is 6.51. The Balaban J connectivity index is 1.83. The zero-order valence-electron chi connectivity index (χ0n) is 16.7.